The zero-order chi connectivity index (χ0) is 23.4. The van der Waals surface area contributed by atoms with E-state index in [1.807, 2.05) is 30.3 Å². The fourth-order valence-corrected chi connectivity index (χ4v) is 3.87. The van der Waals surface area contributed by atoms with E-state index in [-0.39, 0.29) is 29.5 Å². The number of sulfonamides is 1. The Morgan fingerprint density at radius 2 is 1.64 bits per heavy atom. The fourth-order valence-electron chi connectivity index (χ4n) is 3.34. The van der Waals surface area contributed by atoms with Crippen LogP contribution in [0.5, 0.6) is 0 Å². The monoisotopic (exact) mass is 469 g/mol. The second kappa shape index (κ2) is 9.57. The summed E-state index contributed by atoms with van der Waals surface area (Å²) in [6, 6.07) is 19.3. The van der Waals surface area contributed by atoms with Crippen molar-refractivity contribution in [2.45, 2.75) is 24.4 Å². The van der Waals surface area contributed by atoms with Crippen LogP contribution in [-0.2, 0) is 29.5 Å². The van der Waals surface area contributed by atoms with Gasteiger partial charge in [-0.1, -0.05) is 48.5 Å². The Kier molecular flexibility index (Phi) is 6.59. The molecule has 0 unspecified atom stereocenters. The molecule has 0 aliphatic rings. The van der Waals surface area contributed by atoms with Crippen LogP contribution in [0.3, 0.4) is 0 Å². The lowest BCUT2D eigenvalue weighted by molar-refractivity contribution is 0.579. The van der Waals surface area contributed by atoms with Gasteiger partial charge in [-0.05, 0) is 29.8 Å². The van der Waals surface area contributed by atoms with E-state index in [0.29, 0.717) is 23.6 Å². The van der Waals surface area contributed by atoms with Gasteiger partial charge in [0.25, 0.3) is 0 Å². The first-order valence-electron chi connectivity index (χ1n) is 10.1. The van der Waals surface area contributed by atoms with Gasteiger partial charge in [-0.3, -0.25) is 0 Å². The molecule has 0 atom stereocenters. The molecule has 4 aromatic rings. The number of rotatable bonds is 8. The topological polar surface area (TPSA) is 103 Å². The summed E-state index contributed by atoms with van der Waals surface area (Å²) in [5.74, 6) is -0.268. The van der Waals surface area contributed by atoms with Crippen LogP contribution in [0.2, 0.25) is 0 Å². The first-order valence-corrected chi connectivity index (χ1v) is 11.6. The van der Waals surface area contributed by atoms with E-state index in [4.69, 9.17) is 5.14 Å². The average molecular weight is 470 g/mol. The molecule has 3 N–H and O–H groups in total. The van der Waals surface area contributed by atoms with Crippen LogP contribution in [0, 0.1) is 11.6 Å². The number of primary sulfonamides is 1. The van der Waals surface area contributed by atoms with E-state index in [0.717, 1.165) is 11.6 Å². The predicted octanol–water partition coefficient (Wildman–Crippen LogP) is 3.07. The quantitative estimate of drug-likeness (QED) is 0.413. The van der Waals surface area contributed by atoms with Gasteiger partial charge in [-0.15, -0.1) is 5.10 Å². The molecule has 4 rings (SSSR count). The Morgan fingerprint density at radius 3 is 2.33 bits per heavy atom. The van der Waals surface area contributed by atoms with Crippen molar-refractivity contribution in [1.82, 2.24) is 20.1 Å². The van der Waals surface area contributed by atoms with Crippen molar-refractivity contribution in [3.05, 3.63) is 107 Å². The maximum Gasteiger partial charge on any atom is 0.238 e. The number of nitrogens with one attached hydrogen (secondary N) is 1. The standard InChI is InChI=1S/C23H21F2N5O2S/c24-19-9-5-4-8-17(19)14-27-15-22-28-23(12-16-6-2-1-3-7-16)30(29-22)21-11-10-18(13-20(21)25)33(26,31)32/h1-11,13,27H,12,14-15H2,(H2,26,31,32). The van der Waals surface area contributed by atoms with E-state index >= 15 is 0 Å². The highest BCUT2D eigenvalue weighted by molar-refractivity contribution is 7.89. The minimum Gasteiger partial charge on any atom is -0.306 e. The summed E-state index contributed by atoms with van der Waals surface area (Å²) in [6.07, 6.45) is 0.373. The Bertz CT molecular complexity index is 1370. The maximum atomic E-state index is 14.8. The molecule has 0 saturated carbocycles. The Hall–Kier alpha value is -3.47. The summed E-state index contributed by atoms with van der Waals surface area (Å²) in [5.41, 5.74) is 1.49. The fraction of sp³-hybridized carbons (Fsp3) is 0.130. The first kappa shape index (κ1) is 22.7. The number of aromatic nitrogens is 3. The number of nitrogens with zero attached hydrogens (tertiary/aromatic N) is 3. The second-order valence-corrected chi connectivity index (χ2v) is 8.93. The van der Waals surface area contributed by atoms with Crippen molar-refractivity contribution in [3.63, 3.8) is 0 Å². The minimum atomic E-state index is -4.05. The van der Waals surface area contributed by atoms with E-state index in [1.165, 1.54) is 22.9 Å². The highest BCUT2D eigenvalue weighted by Gasteiger charge is 2.18. The molecule has 170 valence electrons. The molecule has 0 aliphatic heterocycles. The van der Waals surface area contributed by atoms with Gasteiger partial charge in [0.1, 0.15) is 23.1 Å². The minimum absolute atomic E-state index is 0.0428. The largest absolute Gasteiger partial charge is 0.306 e. The van der Waals surface area contributed by atoms with Crippen molar-refractivity contribution in [2.24, 2.45) is 5.14 Å². The summed E-state index contributed by atoms with van der Waals surface area (Å²) >= 11 is 0. The summed E-state index contributed by atoms with van der Waals surface area (Å²) in [4.78, 5) is 4.20. The first-order chi connectivity index (χ1) is 15.8. The molecular formula is C23H21F2N5O2S. The van der Waals surface area contributed by atoms with Crippen molar-refractivity contribution in [2.75, 3.05) is 0 Å². The molecule has 33 heavy (non-hydrogen) atoms. The molecule has 1 aromatic heterocycles. The molecule has 0 saturated heterocycles. The third-order valence-electron chi connectivity index (χ3n) is 4.96. The Labute approximate surface area is 190 Å². The van der Waals surface area contributed by atoms with Gasteiger partial charge in [0.15, 0.2) is 5.82 Å². The van der Waals surface area contributed by atoms with Gasteiger partial charge in [0.05, 0.1) is 11.4 Å². The van der Waals surface area contributed by atoms with Crippen LogP contribution in [0.1, 0.15) is 22.8 Å². The molecule has 0 spiro atoms. The van der Waals surface area contributed by atoms with Crippen LogP contribution in [0.25, 0.3) is 5.69 Å². The molecule has 0 bridgehead atoms. The third kappa shape index (κ3) is 5.48. The highest BCUT2D eigenvalue weighted by Crippen LogP contribution is 2.20. The molecule has 0 aliphatic carbocycles. The molecular weight excluding hydrogens is 448 g/mol. The molecule has 10 heteroatoms. The van der Waals surface area contributed by atoms with Crippen LogP contribution in [0.4, 0.5) is 8.78 Å². The number of hydrogen-bond donors (Lipinski definition) is 2. The molecule has 0 amide bonds. The third-order valence-corrected chi connectivity index (χ3v) is 5.87. The van der Waals surface area contributed by atoms with E-state index in [9.17, 15) is 17.2 Å². The maximum absolute atomic E-state index is 14.8. The zero-order valence-corrected chi connectivity index (χ0v) is 18.3. The van der Waals surface area contributed by atoms with E-state index in [2.05, 4.69) is 15.4 Å². The van der Waals surface area contributed by atoms with Gasteiger partial charge in [-0.25, -0.2) is 32.0 Å². The molecule has 0 radical (unpaired) electrons. The lowest BCUT2D eigenvalue weighted by Gasteiger charge is -2.08. The van der Waals surface area contributed by atoms with E-state index in [1.54, 1.807) is 18.2 Å². The van der Waals surface area contributed by atoms with Crippen molar-refractivity contribution >= 4 is 10.0 Å². The molecule has 1 heterocycles. The Balaban J connectivity index is 1.63. The van der Waals surface area contributed by atoms with Gasteiger partial charge < -0.3 is 5.32 Å². The lowest BCUT2D eigenvalue weighted by Crippen LogP contribution is -2.15. The molecule has 0 fully saturated rings. The van der Waals surface area contributed by atoms with Crippen LogP contribution in [-0.4, -0.2) is 23.2 Å². The van der Waals surface area contributed by atoms with Gasteiger partial charge in [0.2, 0.25) is 10.0 Å². The van der Waals surface area contributed by atoms with E-state index < -0.39 is 15.8 Å². The number of halogens is 2. The lowest BCUT2D eigenvalue weighted by atomic mass is 10.1. The summed E-state index contributed by atoms with van der Waals surface area (Å²) in [7, 11) is -4.05. The predicted molar refractivity (Wildman–Crippen MR) is 119 cm³/mol. The van der Waals surface area contributed by atoms with Gasteiger partial charge >= 0.3 is 0 Å². The number of nitrogens with two attached hydrogens (primary N) is 1. The normalized spacial score (nSPS) is 11.6. The molecule has 3 aromatic carbocycles. The van der Waals surface area contributed by atoms with Crippen LogP contribution >= 0.6 is 0 Å². The highest BCUT2D eigenvalue weighted by atomic mass is 32.2. The Morgan fingerprint density at radius 1 is 0.909 bits per heavy atom. The van der Waals surface area contributed by atoms with Gasteiger partial charge in [0, 0.05) is 18.5 Å². The average Bonchev–Trinajstić information content (AvgIpc) is 3.17. The summed E-state index contributed by atoms with van der Waals surface area (Å²) in [5, 5.41) is 12.6. The number of hydrogen-bond acceptors (Lipinski definition) is 5. The van der Waals surface area contributed by atoms with Crippen LogP contribution in [0.15, 0.2) is 77.7 Å². The van der Waals surface area contributed by atoms with Crippen molar-refractivity contribution in [3.8, 4) is 5.69 Å². The summed E-state index contributed by atoms with van der Waals surface area (Å²) in [6.45, 7) is 0.493. The second-order valence-electron chi connectivity index (χ2n) is 7.37. The molecule has 7 nitrogen and oxygen atoms in total. The smallest absolute Gasteiger partial charge is 0.238 e. The van der Waals surface area contributed by atoms with Crippen LogP contribution < -0.4 is 10.5 Å². The SMILES string of the molecule is NS(=O)(=O)c1ccc(-n2nc(CNCc3ccccc3F)nc2Cc2ccccc2)c(F)c1. The summed E-state index contributed by atoms with van der Waals surface area (Å²) < 4.78 is 53.1. The zero-order valence-electron chi connectivity index (χ0n) is 17.4. The van der Waals surface area contributed by atoms with Crippen molar-refractivity contribution < 1.29 is 17.2 Å². The van der Waals surface area contributed by atoms with Gasteiger partial charge in [-0.2, -0.15) is 0 Å². The van der Waals surface area contributed by atoms with Crippen molar-refractivity contribution in [1.29, 1.82) is 0 Å². The number of benzene rings is 3.